The van der Waals surface area contributed by atoms with Crippen molar-refractivity contribution in [3.63, 3.8) is 0 Å². The van der Waals surface area contributed by atoms with E-state index in [4.69, 9.17) is 0 Å². The second-order valence-electron chi connectivity index (χ2n) is 4.51. The molecule has 1 N–H and O–H groups in total. The van der Waals surface area contributed by atoms with Crippen LogP contribution in [-0.2, 0) is 12.8 Å². The van der Waals surface area contributed by atoms with E-state index in [0.717, 1.165) is 12.8 Å². The molecule has 3 rings (SSSR count). The van der Waals surface area contributed by atoms with E-state index in [9.17, 15) is 5.11 Å². The third-order valence-electron chi connectivity index (χ3n) is 3.42. The van der Waals surface area contributed by atoms with Gasteiger partial charge < -0.3 is 5.11 Å². The maximum Gasteiger partial charge on any atom is 0.101 e. The molecule has 1 aromatic heterocycles. The molecule has 1 unspecified atom stereocenters. The minimum atomic E-state index is -0.518. The third-order valence-corrected chi connectivity index (χ3v) is 3.42. The van der Waals surface area contributed by atoms with Crippen molar-refractivity contribution in [2.24, 2.45) is 5.92 Å². The van der Waals surface area contributed by atoms with Gasteiger partial charge in [-0.3, -0.25) is 9.97 Å². The van der Waals surface area contributed by atoms with Crippen LogP contribution < -0.4 is 0 Å². The van der Waals surface area contributed by atoms with Crippen LogP contribution in [0.4, 0.5) is 0 Å². The molecule has 1 aliphatic carbocycles. The van der Waals surface area contributed by atoms with Gasteiger partial charge in [0.15, 0.2) is 0 Å². The summed E-state index contributed by atoms with van der Waals surface area (Å²) in [5.41, 5.74) is 3.37. The topological polar surface area (TPSA) is 46.0 Å². The minimum absolute atomic E-state index is 0.226. The highest BCUT2D eigenvalue weighted by Crippen LogP contribution is 2.34. The molecule has 1 aliphatic rings. The standard InChI is InChI=1S/C14H14N2O/c17-14(13-9-15-5-6-16-13)12-7-10-3-1-2-4-11(10)8-12/h1-6,9,12,14,17H,7-8H2. The second-order valence-corrected chi connectivity index (χ2v) is 4.51. The average Bonchev–Trinajstić information content (AvgIpc) is 2.82. The van der Waals surface area contributed by atoms with Crippen molar-refractivity contribution < 1.29 is 5.11 Å². The number of aliphatic hydroxyl groups excluding tert-OH is 1. The normalized spacial score (nSPS) is 16.8. The largest absolute Gasteiger partial charge is 0.386 e. The van der Waals surface area contributed by atoms with Gasteiger partial charge in [0.25, 0.3) is 0 Å². The Morgan fingerprint density at radius 2 is 1.82 bits per heavy atom. The average molecular weight is 226 g/mol. The molecule has 1 heterocycles. The van der Waals surface area contributed by atoms with E-state index in [1.807, 2.05) is 0 Å². The van der Waals surface area contributed by atoms with Crippen LogP contribution >= 0.6 is 0 Å². The lowest BCUT2D eigenvalue weighted by molar-refractivity contribution is 0.109. The predicted octanol–water partition coefficient (Wildman–Crippen LogP) is 1.93. The van der Waals surface area contributed by atoms with Crippen molar-refractivity contribution in [3.8, 4) is 0 Å². The number of rotatable bonds is 2. The van der Waals surface area contributed by atoms with E-state index < -0.39 is 6.10 Å². The smallest absolute Gasteiger partial charge is 0.101 e. The Morgan fingerprint density at radius 1 is 1.12 bits per heavy atom. The van der Waals surface area contributed by atoms with Crippen molar-refractivity contribution >= 4 is 0 Å². The fraction of sp³-hybridized carbons (Fsp3) is 0.286. The van der Waals surface area contributed by atoms with Crippen molar-refractivity contribution in [2.45, 2.75) is 18.9 Å². The van der Waals surface area contributed by atoms with Gasteiger partial charge in [-0.2, -0.15) is 0 Å². The van der Waals surface area contributed by atoms with Gasteiger partial charge in [0.2, 0.25) is 0 Å². The summed E-state index contributed by atoms with van der Waals surface area (Å²) in [5.74, 6) is 0.226. The zero-order chi connectivity index (χ0) is 11.7. The first kappa shape index (κ1) is 10.4. The van der Waals surface area contributed by atoms with E-state index in [1.54, 1.807) is 18.6 Å². The monoisotopic (exact) mass is 226 g/mol. The molecule has 0 spiro atoms. The molecule has 0 radical (unpaired) electrons. The first-order valence-electron chi connectivity index (χ1n) is 5.85. The van der Waals surface area contributed by atoms with Gasteiger partial charge >= 0.3 is 0 Å². The summed E-state index contributed by atoms with van der Waals surface area (Å²) in [6, 6.07) is 8.38. The van der Waals surface area contributed by atoms with E-state index in [2.05, 4.69) is 34.2 Å². The predicted molar refractivity (Wildman–Crippen MR) is 64.3 cm³/mol. The summed E-state index contributed by atoms with van der Waals surface area (Å²) in [5, 5.41) is 10.3. The van der Waals surface area contributed by atoms with Crippen LogP contribution in [0.3, 0.4) is 0 Å². The van der Waals surface area contributed by atoms with Crippen molar-refractivity contribution in [1.82, 2.24) is 9.97 Å². The summed E-state index contributed by atoms with van der Waals surface area (Å²) in [7, 11) is 0. The molecule has 1 atom stereocenters. The summed E-state index contributed by atoms with van der Waals surface area (Å²) >= 11 is 0. The van der Waals surface area contributed by atoms with Crippen molar-refractivity contribution in [3.05, 3.63) is 59.7 Å². The summed E-state index contributed by atoms with van der Waals surface area (Å²) in [6.07, 6.45) is 6.23. The van der Waals surface area contributed by atoms with Crippen LogP contribution in [0.2, 0.25) is 0 Å². The molecule has 3 heteroatoms. The van der Waals surface area contributed by atoms with E-state index in [0.29, 0.717) is 5.69 Å². The highest BCUT2D eigenvalue weighted by molar-refractivity contribution is 5.32. The Bertz CT molecular complexity index is 488. The fourth-order valence-corrected chi connectivity index (χ4v) is 2.52. The number of hydrogen-bond acceptors (Lipinski definition) is 3. The van der Waals surface area contributed by atoms with Crippen LogP contribution in [-0.4, -0.2) is 15.1 Å². The quantitative estimate of drug-likeness (QED) is 0.851. The van der Waals surface area contributed by atoms with Gasteiger partial charge in [0.05, 0.1) is 11.9 Å². The molecule has 0 bridgehead atoms. The van der Waals surface area contributed by atoms with Crippen LogP contribution in [0.5, 0.6) is 0 Å². The molecular weight excluding hydrogens is 212 g/mol. The SMILES string of the molecule is OC(c1cnccn1)C1Cc2ccccc2C1. The van der Waals surface area contributed by atoms with Gasteiger partial charge in [-0.05, 0) is 29.9 Å². The Hall–Kier alpha value is -1.74. The van der Waals surface area contributed by atoms with E-state index in [1.165, 1.54) is 11.1 Å². The zero-order valence-electron chi connectivity index (χ0n) is 9.45. The molecule has 86 valence electrons. The van der Waals surface area contributed by atoms with Crippen LogP contribution in [0.1, 0.15) is 22.9 Å². The van der Waals surface area contributed by atoms with Crippen LogP contribution in [0.15, 0.2) is 42.9 Å². The number of hydrogen-bond donors (Lipinski definition) is 1. The maximum atomic E-state index is 10.3. The molecule has 0 saturated carbocycles. The van der Waals surface area contributed by atoms with Gasteiger partial charge in [-0.15, -0.1) is 0 Å². The van der Waals surface area contributed by atoms with Gasteiger partial charge in [-0.1, -0.05) is 24.3 Å². The molecule has 0 amide bonds. The molecule has 1 aromatic carbocycles. The van der Waals surface area contributed by atoms with E-state index >= 15 is 0 Å². The van der Waals surface area contributed by atoms with Crippen LogP contribution in [0.25, 0.3) is 0 Å². The van der Waals surface area contributed by atoms with Gasteiger partial charge in [0.1, 0.15) is 6.10 Å². The number of fused-ring (bicyclic) bond motifs is 1. The first-order chi connectivity index (χ1) is 8.34. The van der Waals surface area contributed by atoms with Gasteiger partial charge in [0, 0.05) is 12.4 Å². The molecule has 2 aromatic rings. The lowest BCUT2D eigenvalue weighted by Gasteiger charge is -2.16. The first-order valence-corrected chi connectivity index (χ1v) is 5.85. The summed E-state index contributed by atoms with van der Waals surface area (Å²) in [4.78, 5) is 8.18. The zero-order valence-corrected chi connectivity index (χ0v) is 9.45. The van der Waals surface area contributed by atoms with Crippen LogP contribution in [0, 0.1) is 5.92 Å². The third kappa shape index (κ3) is 1.94. The Balaban J connectivity index is 1.81. The molecule has 3 nitrogen and oxygen atoms in total. The lowest BCUT2D eigenvalue weighted by atomic mass is 9.97. The minimum Gasteiger partial charge on any atom is -0.386 e. The number of benzene rings is 1. The highest BCUT2D eigenvalue weighted by atomic mass is 16.3. The molecule has 0 saturated heterocycles. The summed E-state index contributed by atoms with van der Waals surface area (Å²) < 4.78 is 0. The Morgan fingerprint density at radius 3 is 2.41 bits per heavy atom. The molecule has 17 heavy (non-hydrogen) atoms. The van der Waals surface area contributed by atoms with Crippen molar-refractivity contribution in [2.75, 3.05) is 0 Å². The number of aromatic nitrogens is 2. The van der Waals surface area contributed by atoms with Crippen molar-refractivity contribution in [1.29, 1.82) is 0 Å². The molecule has 0 fully saturated rings. The second kappa shape index (κ2) is 4.26. The Labute approximate surface area is 100 Å². The fourth-order valence-electron chi connectivity index (χ4n) is 2.52. The maximum absolute atomic E-state index is 10.3. The van der Waals surface area contributed by atoms with Gasteiger partial charge in [-0.25, -0.2) is 0 Å². The number of aliphatic hydroxyl groups is 1. The van der Waals surface area contributed by atoms with E-state index in [-0.39, 0.29) is 5.92 Å². The lowest BCUT2D eigenvalue weighted by Crippen LogP contribution is -2.14. The molecular formula is C14H14N2O. The Kier molecular flexibility index (Phi) is 2.61. The highest BCUT2D eigenvalue weighted by Gasteiger charge is 2.28. The molecule has 0 aliphatic heterocycles. The number of nitrogens with zero attached hydrogens (tertiary/aromatic N) is 2. The summed E-state index contributed by atoms with van der Waals surface area (Å²) in [6.45, 7) is 0.